The highest BCUT2D eigenvalue weighted by Crippen LogP contribution is 2.24. The third kappa shape index (κ3) is 3.32. The number of benzene rings is 1. The van der Waals surface area contributed by atoms with Crippen LogP contribution < -0.4 is 0 Å². The number of hydrogen-bond acceptors (Lipinski definition) is 5. The molecule has 5 atom stereocenters. The van der Waals surface area contributed by atoms with E-state index in [1.54, 1.807) is 6.92 Å². The Morgan fingerprint density at radius 3 is 2.47 bits per heavy atom. The largest absolute Gasteiger partial charge is 0.388 e. The molecule has 0 unspecified atom stereocenters. The van der Waals surface area contributed by atoms with E-state index in [-0.39, 0.29) is 0 Å². The summed E-state index contributed by atoms with van der Waals surface area (Å²) in [5.41, 5.74) is 0.981. The van der Waals surface area contributed by atoms with Crippen LogP contribution in [0.25, 0.3) is 0 Å². The normalized spacial score (nSPS) is 35.3. The van der Waals surface area contributed by atoms with Crippen LogP contribution >= 0.6 is 0 Å². The molecule has 0 radical (unpaired) electrons. The van der Waals surface area contributed by atoms with Crippen LogP contribution in [0, 0.1) is 0 Å². The molecule has 106 valence electrons. The highest BCUT2D eigenvalue weighted by atomic mass is 16.7. The molecule has 0 saturated carbocycles. The van der Waals surface area contributed by atoms with Gasteiger partial charge in [0.2, 0.25) is 0 Å². The molecule has 1 saturated heterocycles. The Morgan fingerprint density at radius 1 is 1.16 bits per heavy atom. The lowest BCUT2D eigenvalue weighted by Gasteiger charge is -2.40. The molecule has 1 fully saturated rings. The van der Waals surface area contributed by atoms with Gasteiger partial charge in [-0.2, -0.15) is 0 Å². The maximum Gasteiger partial charge on any atom is 0.186 e. The average molecular weight is 268 g/mol. The molecule has 19 heavy (non-hydrogen) atoms. The third-order valence-electron chi connectivity index (χ3n) is 3.30. The molecule has 0 bridgehead atoms. The van der Waals surface area contributed by atoms with Gasteiger partial charge >= 0.3 is 0 Å². The highest BCUT2D eigenvalue weighted by Gasteiger charge is 2.43. The maximum absolute atomic E-state index is 10.1. The smallest absolute Gasteiger partial charge is 0.186 e. The number of hydrogen-bond donors (Lipinski definition) is 2. The fourth-order valence-corrected chi connectivity index (χ4v) is 2.16. The minimum absolute atomic E-state index is 0.322. The van der Waals surface area contributed by atoms with E-state index in [1.807, 2.05) is 30.3 Å². The van der Waals surface area contributed by atoms with Gasteiger partial charge in [0, 0.05) is 7.11 Å². The summed E-state index contributed by atoms with van der Waals surface area (Å²) in [5.74, 6) is 0. The predicted molar refractivity (Wildman–Crippen MR) is 68.4 cm³/mol. The molecule has 0 aliphatic carbocycles. The fraction of sp³-hybridized carbons (Fsp3) is 0.571. The average Bonchev–Trinajstić information content (AvgIpc) is 2.44. The zero-order valence-corrected chi connectivity index (χ0v) is 11.1. The monoisotopic (exact) mass is 268 g/mol. The van der Waals surface area contributed by atoms with Gasteiger partial charge in [0.25, 0.3) is 0 Å². The quantitative estimate of drug-likeness (QED) is 0.840. The van der Waals surface area contributed by atoms with Crippen molar-refractivity contribution in [2.24, 2.45) is 0 Å². The summed E-state index contributed by atoms with van der Waals surface area (Å²) in [4.78, 5) is 0. The van der Waals surface area contributed by atoms with Crippen molar-refractivity contribution in [2.75, 3.05) is 7.11 Å². The van der Waals surface area contributed by atoms with Gasteiger partial charge in [0.1, 0.15) is 18.3 Å². The van der Waals surface area contributed by atoms with Gasteiger partial charge in [-0.05, 0) is 12.5 Å². The van der Waals surface area contributed by atoms with Crippen molar-refractivity contribution in [2.45, 2.75) is 44.2 Å². The van der Waals surface area contributed by atoms with Crippen molar-refractivity contribution < 1.29 is 24.4 Å². The Balaban J connectivity index is 2.00. The van der Waals surface area contributed by atoms with Crippen LogP contribution in [0.15, 0.2) is 30.3 Å². The van der Waals surface area contributed by atoms with Crippen LogP contribution in [0.3, 0.4) is 0 Å². The molecular formula is C14H20O5. The molecule has 0 aromatic heterocycles. The lowest BCUT2D eigenvalue weighted by atomic mass is 9.99. The highest BCUT2D eigenvalue weighted by molar-refractivity contribution is 5.13. The molecule has 2 rings (SSSR count). The summed E-state index contributed by atoms with van der Waals surface area (Å²) < 4.78 is 16.0. The summed E-state index contributed by atoms with van der Waals surface area (Å²) in [6, 6.07) is 9.60. The van der Waals surface area contributed by atoms with Crippen molar-refractivity contribution in [3.63, 3.8) is 0 Å². The molecular weight excluding hydrogens is 248 g/mol. The number of aliphatic hydroxyl groups excluding tert-OH is 2. The van der Waals surface area contributed by atoms with Crippen molar-refractivity contribution >= 4 is 0 Å². The number of rotatable bonds is 4. The number of aliphatic hydroxyl groups is 2. The summed E-state index contributed by atoms with van der Waals surface area (Å²) in [5, 5.41) is 20.1. The number of ether oxygens (including phenoxy) is 3. The molecule has 5 heteroatoms. The summed E-state index contributed by atoms with van der Waals surface area (Å²) >= 11 is 0. The maximum atomic E-state index is 10.1. The summed E-state index contributed by atoms with van der Waals surface area (Å²) in [6.07, 6.45) is -3.85. The van der Waals surface area contributed by atoms with Crippen molar-refractivity contribution in [1.82, 2.24) is 0 Å². The van der Waals surface area contributed by atoms with Gasteiger partial charge < -0.3 is 24.4 Å². The van der Waals surface area contributed by atoms with E-state index in [1.165, 1.54) is 7.11 Å². The Morgan fingerprint density at radius 2 is 1.84 bits per heavy atom. The molecule has 1 heterocycles. The van der Waals surface area contributed by atoms with E-state index in [2.05, 4.69) is 0 Å². The molecule has 0 spiro atoms. The standard InChI is InChI=1S/C14H20O5/c1-9-11(15)13(12(16)14(17-2)19-9)18-8-10-6-4-3-5-7-10/h3-7,9,11-16H,8H2,1-2H3/t9-,11+,12-,13+,14+/m0/s1. The van der Waals surface area contributed by atoms with Gasteiger partial charge in [-0.1, -0.05) is 30.3 Å². The molecule has 1 aromatic rings. The zero-order valence-electron chi connectivity index (χ0n) is 11.1. The Hall–Kier alpha value is -0.980. The van der Waals surface area contributed by atoms with E-state index in [0.29, 0.717) is 6.61 Å². The van der Waals surface area contributed by atoms with Crippen molar-refractivity contribution in [3.8, 4) is 0 Å². The van der Waals surface area contributed by atoms with Crippen LogP contribution in [0.4, 0.5) is 0 Å². The van der Waals surface area contributed by atoms with Crippen molar-refractivity contribution in [1.29, 1.82) is 0 Å². The molecule has 2 N–H and O–H groups in total. The second kappa shape index (κ2) is 6.45. The first kappa shape index (κ1) is 14.4. The lowest BCUT2D eigenvalue weighted by molar-refractivity contribution is -0.295. The Labute approximate surface area is 112 Å². The van der Waals surface area contributed by atoms with Crippen LogP contribution in [0.2, 0.25) is 0 Å². The molecule has 1 aliphatic rings. The van der Waals surface area contributed by atoms with E-state index in [0.717, 1.165) is 5.56 Å². The van der Waals surface area contributed by atoms with Crippen molar-refractivity contribution in [3.05, 3.63) is 35.9 Å². The first-order chi connectivity index (χ1) is 9.13. The number of methoxy groups -OCH3 is 1. The minimum atomic E-state index is -1.01. The van der Waals surface area contributed by atoms with Gasteiger partial charge in [0.05, 0.1) is 12.7 Å². The topological polar surface area (TPSA) is 68.2 Å². The second-order valence-electron chi connectivity index (χ2n) is 4.69. The minimum Gasteiger partial charge on any atom is -0.388 e. The van der Waals surface area contributed by atoms with Gasteiger partial charge in [0.15, 0.2) is 6.29 Å². The Bertz CT molecular complexity index is 383. The summed E-state index contributed by atoms with van der Waals surface area (Å²) in [7, 11) is 1.45. The van der Waals surface area contributed by atoms with E-state index < -0.39 is 30.7 Å². The van der Waals surface area contributed by atoms with Gasteiger partial charge in [-0.25, -0.2) is 0 Å². The molecule has 5 nitrogen and oxygen atoms in total. The van der Waals surface area contributed by atoms with E-state index in [4.69, 9.17) is 14.2 Å². The first-order valence-electron chi connectivity index (χ1n) is 6.33. The SMILES string of the molecule is CO[C@@H]1O[C@@H](C)[C@@H](O)[C@@H](OCc2ccccc2)[C@@H]1O. The van der Waals surface area contributed by atoms with E-state index in [9.17, 15) is 10.2 Å². The van der Waals surface area contributed by atoms with Crippen LogP contribution in [-0.2, 0) is 20.8 Å². The fourth-order valence-electron chi connectivity index (χ4n) is 2.16. The second-order valence-corrected chi connectivity index (χ2v) is 4.69. The molecule has 1 aliphatic heterocycles. The van der Waals surface area contributed by atoms with Crippen LogP contribution in [0.5, 0.6) is 0 Å². The van der Waals surface area contributed by atoms with Gasteiger partial charge in [-0.15, -0.1) is 0 Å². The zero-order chi connectivity index (χ0) is 13.8. The third-order valence-corrected chi connectivity index (χ3v) is 3.30. The first-order valence-corrected chi connectivity index (χ1v) is 6.33. The molecule has 1 aromatic carbocycles. The Kier molecular flexibility index (Phi) is 4.90. The predicted octanol–water partition coefficient (Wildman–Crippen LogP) is 0.685. The van der Waals surface area contributed by atoms with Crippen LogP contribution in [0.1, 0.15) is 12.5 Å². The molecule has 0 amide bonds. The summed E-state index contributed by atoms with van der Waals surface area (Å²) in [6.45, 7) is 2.05. The lowest BCUT2D eigenvalue weighted by Crippen LogP contribution is -2.58. The van der Waals surface area contributed by atoms with Gasteiger partial charge in [-0.3, -0.25) is 0 Å². The van der Waals surface area contributed by atoms with Crippen LogP contribution in [-0.4, -0.2) is 48.0 Å². The van der Waals surface area contributed by atoms with E-state index >= 15 is 0 Å².